The largest absolute Gasteiger partial charge is 0.381 e. The van der Waals surface area contributed by atoms with E-state index in [-0.39, 0.29) is 5.54 Å². The van der Waals surface area contributed by atoms with Crippen LogP contribution in [0, 0.1) is 23.2 Å². The van der Waals surface area contributed by atoms with Gasteiger partial charge in [-0.3, -0.25) is 5.32 Å². The summed E-state index contributed by atoms with van der Waals surface area (Å²) in [5.41, 5.74) is -0.272. The highest BCUT2D eigenvalue weighted by molar-refractivity contribution is 5.13. The van der Waals surface area contributed by atoms with Crippen LogP contribution in [0.25, 0.3) is 0 Å². The number of nitrogens with zero attached hydrogens (tertiary/aromatic N) is 1. The van der Waals surface area contributed by atoms with Gasteiger partial charge in [-0.1, -0.05) is 26.2 Å². The second-order valence-electron chi connectivity index (χ2n) is 6.22. The summed E-state index contributed by atoms with van der Waals surface area (Å²) in [7, 11) is 0. The quantitative estimate of drug-likeness (QED) is 0.718. The minimum Gasteiger partial charge on any atom is -0.381 e. The van der Waals surface area contributed by atoms with Gasteiger partial charge in [-0.25, -0.2) is 0 Å². The monoisotopic (exact) mass is 264 g/mol. The second-order valence-corrected chi connectivity index (χ2v) is 6.22. The number of nitriles is 1. The Kier molecular flexibility index (Phi) is 5.66. The molecule has 3 nitrogen and oxygen atoms in total. The highest BCUT2D eigenvalue weighted by Crippen LogP contribution is 2.37. The number of hydrogen-bond donors (Lipinski definition) is 1. The van der Waals surface area contributed by atoms with Gasteiger partial charge >= 0.3 is 0 Å². The first-order valence-corrected chi connectivity index (χ1v) is 8.05. The molecule has 0 spiro atoms. The Hall–Kier alpha value is -0.590. The van der Waals surface area contributed by atoms with Gasteiger partial charge in [0, 0.05) is 13.2 Å². The zero-order chi connectivity index (χ0) is 13.6. The van der Waals surface area contributed by atoms with Crippen molar-refractivity contribution in [2.24, 2.45) is 11.8 Å². The molecule has 2 rings (SSSR count). The lowest BCUT2D eigenvalue weighted by Crippen LogP contribution is -2.47. The molecule has 1 N–H and O–H groups in total. The second kappa shape index (κ2) is 7.26. The fraction of sp³-hybridized carbons (Fsp3) is 0.938. The van der Waals surface area contributed by atoms with Gasteiger partial charge < -0.3 is 4.74 Å². The first-order chi connectivity index (χ1) is 9.30. The van der Waals surface area contributed by atoms with Crippen molar-refractivity contribution in [2.45, 2.75) is 63.8 Å². The zero-order valence-electron chi connectivity index (χ0n) is 12.3. The van der Waals surface area contributed by atoms with Crippen molar-refractivity contribution in [1.29, 1.82) is 5.26 Å². The van der Waals surface area contributed by atoms with E-state index in [1.54, 1.807) is 0 Å². The molecule has 0 aromatic rings. The fourth-order valence-electron chi connectivity index (χ4n) is 3.86. The van der Waals surface area contributed by atoms with E-state index in [9.17, 15) is 5.26 Å². The van der Waals surface area contributed by atoms with E-state index in [0.717, 1.165) is 38.5 Å². The summed E-state index contributed by atoms with van der Waals surface area (Å²) < 4.78 is 5.86. The normalized spacial score (nSPS) is 31.7. The Balaban J connectivity index is 1.70. The first-order valence-electron chi connectivity index (χ1n) is 8.05. The maximum atomic E-state index is 9.49. The van der Waals surface area contributed by atoms with Crippen molar-refractivity contribution < 1.29 is 4.74 Å². The van der Waals surface area contributed by atoms with Crippen LogP contribution in [0.15, 0.2) is 0 Å². The van der Waals surface area contributed by atoms with Crippen molar-refractivity contribution in [1.82, 2.24) is 5.32 Å². The van der Waals surface area contributed by atoms with Crippen LogP contribution < -0.4 is 5.32 Å². The van der Waals surface area contributed by atoms with Crippen LogP contribution in [0.5, 0.6) is 0 Å². The number of rotatable bonds is 7. The van der Waals surface area contributed by atoms with Gasteiger partial charge in [0.15, 0.2) is 0 Å². The number of hydrogen-bond acceptors (Lipinski definition) is 3. The smallest absolute Gasteiger partial charge is 0.109 e. The molecule has 2 saturated carbocycles. The molecule has 2 aliphatic rings. The van der Waals surface area contributed by atoms with Gasteiger partial charge in [-0.2, -0.15) is 5.26 Å². The Morgan fingerprint density at radius 3 is 2.74 bits per heavy atom. The molecule has 3 heteroatoms. The van der Waals surface area contributed by atoms with E-state index >= 15 is 0 Å². The van der Waals surface area contributed by atoms with Crippen LogP contribution in [0.4, 0.5) is 0 Å². The third-order valence-corrected chi connectivity index (χ3v) is 4.95. The van der Waals surface area contributed by atoms with E-state index in [2.05, 4.69) is 18.3 Å². The number of ether oxygens (including phenoxy) is 1. The Morgan fingerprint density at radius 2 is 2.05 bits per heavy atom. The summed E-state index contributed by atoms with van der Waals surface area (Å²) in [6, 6.07) is 2.54. The molecule has 19 heavy (non-hydrogen) atoms. The third kappa shape index (κ3) is 3.70. The van der Waals surface area contributed by atoms with E-state index < -0.39 is 0 Å². The average molecular weight is 264 g/mol. The Morgan fingerprint density at radius 1 is 1.26 bits per heavy atom. The summed E-state index contributed by atoms with van der Waals surface area (Å²) in [6.45, 7) is 4.74. The molecule has 0 radical (unpaired) electrons. The van der Waals surface area contributed by atoms with Gasteiger partial charge in [0.25, 0.3) is 0 Å². The van der Waals surface area contributed by atoms with Crippen LogP contribution in [0.2, 0.25) is 0 Å². The van der Waals surface area contributed by atoms with Gasteiger partial charge in [0.2, 0.25) is 0 Å². The van der Waals surface area contributed by atoms with Crippen LogP contribution in [0.1, 0.15) is 58.3 Å². The summed E-state index contributed by atoms with van der Waals surface area (Å²) in [4.78, 5) is 0. The molecule has 2 atom stereocenters. The van der Waals surface area contributed by atoms with Crippen molar-refractivity contribution in [3.05, 3.63) is 0 Å². The maximum Gasteiger partial charge on any atom is 0.109 e. The minimum absolute atomic E-state index is 0.272. The van der Waals surface area contributed by atoms with Crippen LogP contribution >= 0.6 is 0 Å². The average Bonchev–Trinajstić information content (AvgIpc) is 3.05. The standard InChI is InChI=1S/C16H28N2O/c1-2-18-16(13-17)10-5-8-15(16)9-11-19-12-14-6-3-4-7-14/h14-15,18H,2-12H2,1H3. The van der Waals surface area contributed by atoms with Crippen LogP contribution in [0.3, 0.4) is 0 Å². The molecular formula is C16H28N2O. The van der Waals surface area contributed by atoms with Gasteiger partial charge in [-0.05, 0) is 50.5 Å². The van der Waals surface area contributed by atoms with Crippen molar-refractivity contribution in [3.8, 4) is 6.07 Å². The van der Waals surface area contributed by atoms with E-state index in [0.29, 0.717) is 5.92 Å². The summed E-state index contributed by atoms with van der Waals surface area (Å²) >= 11 is 0. The summed E-state index contributed by atoms with van der Waals surface area (Å²) in [6.07, 6.45) is 9.86. The molecule has 2 aliphatic carbocycles. The topological polar surface area (TPSA) is 45.0 Å². The highest BCUT2D eigenvalue weighted by Gasteiger charge is 2.42. The molecule has 0 aliphatic heterocycles. The lowest BCUT2D eigenvalue weighted by atomic mass is 9.86. The minimum atomic E-state index is -0.272. The first kappa shape index (κ1) is 14.8. The van der Waals surface area contributed by atoms with Crippen molar-refractivity contribution >= 4 is 0 Å². The van der Waals surface area contributed by atoms with Gasteiger partial charge in [0.05, 0.1) is 6.07 Å². The molecule has 2 fully saturated rings. The Labute approximate surface area is 117 Å². The van der Waals surface area contributed by atoms with E-state index in [1.165, 1.54) is 38.5 Å². The zero-order valence-corrected chi connectivity index (χ0v) is 12.3. The van der Waals surface area contributed by atoms with Crippen molar-refractivity contribution in [3.63, 3.8) is 0 Å². The van der Waals surface area contributed by atoms with Gasteiger partial charge in [-0.15, -0.1) is 0 Å². The maximum absolute atomic E-state index is 9.49. The van der Waals surface area contributed by atoms with Crippen molar-refractivity contribution in [2.75, 3.05) is 19.8 Å². The lowest BCUT2D eigenvalue weighted by Gasteiger charge is -2.29. The van der Waals surface area contributed by atoms with Crippen LogP contribution in [-0.4, -0.2) is 25.3 Å². The molecule has 0 amide bonds. The predicted molar refractivity (Wildman–Crippen MR) is 76.8 cm³/mol. The lowest BCUT2D eigenvalue weighted by molar-refractivity contribution is 0.0843. The fourth-order valence-corrected chi connectivity index (χ4v) is 3.86. The van der Waals surface area contributed by atoms with E-state index in [1.807, 2.05) is 0 Å². The molecule has 108 valence electrons. The Bertz CT molecular complexity index is 306. The molecule has 0 aromatic heterocycles. The molecule has 0 bridgehead atoms. The SMILES string of the molecule is CCNC1(C#N)CCCC1CCOCC1CCCC1. The predicted octanol–water partition coefficient (Wildman–Crippen LogP) is 3.26. The molecule has 2 unspecified atom stereocenters. The van der Waals surface area contributed by atoms with Gasteiger partial charge in [0.1, 0.15) is 5.54 Å². The molecule has 0 aromatic carbocycles. The summed E-state index contributed by atoms with van der Waals surface area (Å²) in [5, 5.41) is 12.9. The molecular weight excluding hydrogens is 236 g/mol. The summed E-state index contributed by atoms with van der Waals surface area (Å²) in [5.74, 6) is 1.28. The highest BCUT2D eigenvalue weighted by atomic mass is 16.5. The number of nitrogens with one attached hydrogen (secondary N) is 1. The molecule has 0 heterocycles. The third-order valence-electron chi connectivity index (χ3n) is 4.95. The van der Waals surface area contributed by atoms with E-state index in [4.69, 9.17) is 4.74 Å². The molecule has 0 saturated heterocycles. The van der Waals surface area contributed by atoms with Crippen LogP contribution in [-0.2, 0) is 4.74 Å².